The van der Waals surface area contributed by atoms with Crippen LogP contribution in [-0.4, -0.2) is 31.8 Å². The molecule has 0 aliphatic carbocycles. The molecule has 114 valence electrons. The molecule has 7 nitrogen and oxygen atoms in total. The van der Waals surface area contributed by atoms with Crippen molar-refractivity contribution in [3.8, 4) is 0 Å². The Balaban J connectivity index is 0.000000270. The van der Waals surface area contributed by atoms with Gasteiger partial charge >= 0.3 is 0 Å². The molecular weight excluding hydrogens is 294 g/mol. The molecule has 0 radical (unpaired) electrons. The van der Waals surface area contributed by atoms with E-state index in [9.17, 15) is 13.2 Å². The summed E-state index contributed by atoms with van der Waals surface area (Å²) in [4.78, 5) is 11.3. The molecule has 2 N–H and O–H groups in total. The average Bonchev–Trinajstić information content (AvgIpc) is 2.71. The fourth-order valence-corrected chi connectivity index (χ4v) is 1.95. The van der Waals surface area contributed by atoms with Gasteiger partial charge in [0.1, 0.15) is 5.88 Å². The number of nitrogens with one attached hydrogen (secondary N) is 1. The molecule has 0 bridgehead atoms. The topological polar surface area (TPSA) is 108 Å². The van der Waals surface area contributed by atoms with Crippen LogP contribution in [0.2, 0.25) is 0 Å². The van der Waals surface area contributed by atoms with Gasteiger partial charge in [-0.1, -0.05) is 30.3 Å². The third kappa shape index (κ3) is 6.39. The summed E-state index contributed by atoms with van der Waals surface area (Å²) in [5.74, 6) is -0.584. The summed E-state index contributed by atoms with van der Waals surface area (Å²) in [5, 5.41) is 9.53. The van der Waals surface area contributed by atoms with Crippen molar-refractivity contribution in [1.82, 2.24) is 5.32 Å². The number of benzene rings is 1. The molecule has 0 atom stereocenters. The SMILES string of the molecule is CC1=C(Cc2ccccc2)C(=O)N=N1.CNCS(=O)(=O)O. The van der Waals surface area contributed by atoms with Gasteiger partial charge in [-0.15, -0.1) is 5.11 Å². The summed E-state index contributed by atoms with van der Waals surface area (Å²) in [5.41, 5.74) is 2.55. The molecule has 0 saturated carbocycles. The Morgan fingerprint density at radius 3 is 2.19 bits per heavy atom. The molecule has 1 amide bonds. The van der Waals surface area contributed by atoms with Crippen molar-refractivity contribution < 1.29 is 17.8 Å². The number of rotatable bonds is 4. The summed E-state index contributed by atoms with van der Waals surface area (Å²) in [6, 6.07) is 9.85. The van der Waals surface area contributed by atoms with Crippen LogP contribution in [0.15, 0.2) is 51.8 Å². The highest BCUT2D eigenvalue weighted by Crippen LogP contribution is 2.19. The van der Waals surface area contributed by atoms with Crippen LogP contribution < -0.4 is 5.32 Å². The van der Waals surface area contributed by atoms with Crippen LogP contribution in [0.4, 0.5) is 0 Å². The molecule has 0 aromatic heterocycles. The van der Waals surface area contributed by atoms with Crippen LogP contribution in [0.5, 0.6) is 0 Å². The first-order valence-corrected chi connectivity index (χ1v) is 7.74. The van der Waals surface area contributed by atoms with E-state index in [1.165, 1.54) is 7.05 Å². The van der Waals surface area contributed by atoms with Gasteiger partial charge in [-0.05, 0) is 19.5 Å². The lowest BCUT2D eigenvalue weighted by molar-refractivity contribution is -0.114. The van der Waals surface area contributed by atoms with Crippen LogP contribution >= 0.6 is 0 Å². The lowest BCUT2D eigenvalue weighted by Crippen LogP contribution is -2.17. The number of carbonyl (C=O) groups is 1. The molecule has 1 aliphatic heterocycles. The maximum absolute atomic E-state index is 11.3. The van der Waals surface area contributed by atoms with Crippen LogP contribution in [0.3, 0.4) is 0 Å². The minimum atomic E-state index is -3.79. The maximum atomic E-state index is 11.3. The third-order valence-electron chi connectivity index (χ3n) is 2.54. The van der Waals surface area contributed by atoms with Crippen LogP contribution in [0.25, 0.3) is 0 Å². The van der Waals surface area contributed by atoms with E-state index in [0.717, 1.165) is 11.3 Å². The van der Waals surface area contributed by atoms with Gasteiger partial charge in [0, 0.05) is 12.0 Å². The van der Waals surface area contributed by atoms with Gasteiger partial charge in [-0.25, -0.2) is 0 Å². The molecule has 21 heavy (non-hydrogen) atoms. The monoisotopic (exact) mass is 311 g/mol. The Kier molecular flexibility index (Phi) is 6.35. The molecule has 1 aliphatic rings. The van der Waals surface area contributed by atoms with E-state index < -0.39 is 10.1 Å². The Labute approximate surface area is 123 Å². The summed E-state index contributed by atoms with van der Waals surface area (Å²) in [7, 11) is -2.35. The summed E-state index contributed by atoms with van der Waals surface area (Å²) < 4.78 is 27.4. The van der Waals surface area contributed by atoms with Gasteiger partial charge in [0.05, 0.1) is 5.70 Å². The molecule has 1 aromatic carbocycles. The normalized spacial score (nSPS) is 14.1. The fourth-order valence-electron chi connectivity index (χ4n) is 1.58. The number of nitrogens with zero attached hydrogens (tertiary/aromatic N) is 2. The molecule has 8 heteroatoms. The van der Waals surface area contributed by atoms with Crippen molar-refractivity contribution in [2.45, 2.75) is 13.3 Å². The maximum Gasteiger partial charge on any atom is 0.293 e. The van der Waals surface area contributed by atoms with Gasteiger partial charge in [0.15, 0.2) is 0 Å². The second-order valence-corrected chi connectivity index (χ2v) is 5.76. The highest BCUT2D eigenvalue weighted by Gasteiger charge is 2.18. The zero-order chi connectivity index (χ0) is 15.9. The Bertz CT molecular complexity index is 651. The first-order valence-electron chi connectivity index (χ1n) is 6.13. The minimum Gasteiger partial charge on any atom is -0.305 e. The van der Waals surface area contributed by atoms with Gasteiger partial charge < -0.3 is 5.32 Å². The summed E-state index contributed by atoms with van der Waals surface area (Å²) in [6.45, 7) is 1.81. The van der Waals surface area contributed by atoms with Crippen molar-refractivity contribution in [2.75, 3.05) is 12.9 Å². The first kappa shape index (κ1) is 17.2. The van der Waals surface area contributed by atoms with E-state index in [4.69, 9.17) is 4.55 Å². The van der Waals surface area contributed by atoms with E-state index in [1.54, 1.807) is 0 Å². The molecule has 0 fully saturated rings. The van der Waals surface area contributed by atoms with Crippen LogP contribution in [0.1, 0.15) is 12.5 Å². The zero-order valence-electron chi connectivity index (χ0n) is 11.8. The second kappa shape index (κ2) is 7.77. The van der Waals surface area contributed by atoms with Crippen molar-refractivity contribution in [1.29, 1.82) is 0 Å². The quantitative estimate of drug-likeness (QED) is 0.820. The Morgan fingerprint density at radius 1 is 1.19 bits per heavy atom. The minimum absolute atomic E-state index is 0.202. The number of allylic oxidation sites excluding steroid dienone is 1. The number of hydrogen-bond acceptors (Lipinski definition) is 5. The highest BCUT2D eigenvalue weighted by molar-refractivity contribution is 7.85. The summed E-state index contributed by atoms with van der Waals surface area (Å²) >= 11 is 0. The van der Waals surface area contributed by atoms with Gasteiger partial charge in [0.25, 0.3) is 16.0 Å². The molecule has 1 heterocycles. The van der Waals surface area contributed by atoms with Crippen molar-refractivity contribution in [2.24, 2.45) is 10.2 Å². The van der Waals surface area contributed by atoms with Gasteiger partial charge in [-0.2, -0.15) is 13.5 Å². The largest absolute Gasteiger partial charge is 0.305 e. The standard InChI is InChI=1S/C11H10N2O.C2H7NO3S/c1-8-10(11(14)13-12-8)7-9-5-3-2-4-6-9;1-3-2-7(4,5)6/h2-6H,7H2,1H3;3H,2H2,1H3,(H,4,5,6). The third-order valence-corrected chi connectivity index (χ3v) is 3.19. The Morgan fingerprint density at radius 2 is 1.81 bits per heavy atom. The zero-order valence-corrected chi connectivity index (χ0v) is 12.6. The Hall–Kier alpha value is -1.90. The second-order valence-electron chi connectivity index (χ2n) is 4.31. The van der Waals surface area contributed by atoms with E-state index in [-0.39, 0.29) is 11.8 Å². The predicted molar refractivity (Wildman–Crippen MR) is 78.2 cm³/mol. The lowest BCUT2D eigenvalue weighted by Gasteiger charge is -1.99. The smallest absolute Gasteiger partial charge is 0.293 e. The van der Waals surface area contributed by atoms with Crippen molar-refractivity contribution in [3.05, 3.63) is 47.2 Å². The molecule has 0 saturated heterocycles. The predicted octanol–water partition coefficient (Wildman–Crippen LogP) is 1.55. The van der Waals surface area contributed by atoms with E-state index >= 15 is 0 Å². The van der Waals surface area contributed by atoms with Crippen molar-refractivity contribution >= 4 is 16.0 Å². The summed E-state index contributed by atoms with van der Waals surface area (Å²) in [6.07, 6.45) is 0.624. The van der Waals surface area contributed by atoms with Gasteiger partial charge in [0.2, 0.25) is 0 Å². The number of carbonyl (C=O) groups excluding carboxylic acids is 1. The molecular formula is C13H17N3O4S. The van der Waals surface area contributed by atoms with Crippen LogP contribution in [-0.2, 0) is 21.3 Å². The number of hydrogen-bond donors (Lipinski definition) is 2. The number of azo groups is 1. The van der Waals surface area contributed by atoms with E-state index in [1.807, 2.05) is 37.3 Å². The van der Waals surface area contributed by atoms with Crippen molar-refractivity contribution in [3.63, 3.8) is 0 Å². The lowest BCUT2D eigenvalue weighted by atomic mass is 10.0. The van der Waals surface area contributed by atoms with Gasteiger partial charge in [-0.3, -0.25) is 9.35 Å². The van der Waals surface area contributed by atoms with Crippen LogP contribution in [0, 0.1) is 0 Å². The molecule has 0 spiro atoms. The fraction of sp³-hybridized carbons (Fsp3) is 0.308. The number of amides is 1. The first-order chi connectivity index (χ1) is 9.83. The highest BCUT2D eigenvalue weighted by atomic mass is 32.2. The molecule has 2 rings (SSSR count). The average molecular weight is 311 g/mol. The van der Waals surface area contributed by atoms with E-state index in [0.29, 0.717) is 12.0 Å². The molecule has 0 unspecified atom stereocenters. The molecule has 1 aromatic rings. The van der Waals surface area contributed by atoms with E-state index in [2.05, 4.69) is 15.5 Å².